The lowest BCUT2D eigenvalue weighted by molar-refractivity contribution is -0.127. The maximum absolute atomic E-state index is 14.4. The summed E-state index contributed by atoms with van der Waals surface area (Å²) in [5.74, 6) is -0.859. The molecule has 1 aliphatic carbocycles. The van der Waals surface area contributed by atoms with Gasteiger partial charge in [0.05, 0.1) is 6.54 Å². The fourth-order valence-electron chi connectivity index (χ4n) is 6.88. The number of carbonyl (C=O) groups excluding carboxylic acids is 4. The van der Waals surface area contributed by atoms with Crippen molar-refractivity contribution < 1.29 is 28.3 Å². The van der Waals surface area contributed by atoms with Crippen molar-refractivity contribution in [2.75, 3.05) is 38.0 Å². The predicted molar refractivity (Wildman–Crippen MR) is 178 cm³/mol. The summed E-state index contributed by atoms with van der Waals surface area (Å²) in [6.07, 6.45) is 6.55. The van der Waals surface area contributed by atoms with Gasteiger partial charge in [-0.25, -0.2) is 4.39 Å². The van der Waals surface area contributed by atoms with E-state index in [0.717, 1.165) is 62.1 Å². The Kier molecular flexibility index (Phi) is 11.2. The lowest BCUT2D eigenvalue weighted by Gasteiger charge is -2.41. The molecule has 2 saturated heterocycles. The molecule has 1 saturated carbocycles. The van der Waals surface area contributed by atoms with Crippen LogP contribution in [0.2, 0.25) is 0 Å². The summed E-state index contributed by atoms with van der Waals surface area (Å²) in [6.45, 7) is 8.85. The standard InChI is InChI=1S/C36H48FN5O5/c1-22(2)19-39-34(44)32-21-41(35(45)27-15-28(37)18-29(16-27)40-24(4)43)12-13-42(32)36(46)26-10-11-33(47-30-14-23(3)38-20-30)31(17-26)25-8-6-5-7-9-25/h10-11,15-18,22-23,25,30,32,38H,5-9,12-14,19-21H2,1-4H3,(H,39,44)(H,40,43)/t23?,30-,32?/m0/s1. The quantitative estimate of drug-likeness (QED) is 0.363. The highest BCUT2D eigenvalue weighted by atomic mass is 19.1. The Labute approximate surface area is 276 Å². The van der Waals surface area contributed by atoms with Crippen molar-refractivity contribution in [1.29, 1.82) is 0 Å². The number of nitrogens with zero attached hydrogens (tertiary/aromatic N) is 2. The second-order valence-corrected chi connectivity index (χ2v) is 13.7. The summed E-state index contributed by atoms with van der Waals surface area (Å²) in [5.41, 5.74) is 1.75. The third kappa shape index (κ3) is 8.68. The summed E-state index contributed by atoms with van der Waals surface area (Å²) >= 11 is 0. The zero-order chi connectivity index (χ0) is 33.7. The molecule has 3 aliphatic rings. The number of anilines is 1. The fraction of sp³-hybridized carbons (Fsp3) is 0.556. The molecule has 5 rings (SSSR count). The molecule has 47 heavy (non-hydrogen) atoms. The summed E-state index contributed by atoms with van der Waals surface area (Å²) in [4.78, 5) is 56.0. The highest BCUT2D eigenvalue weighted by molar-refractivity contribution is 6.00. The van der Waals surface area contributed by atoms with Crippen LogP contribution in [0, 0.1) is 11.7 Å². The molecular formula is C36H48FN5O5. The van der Waals surface area contributed by atoms with E-state index in [1.54, 1.807) is 11.0 Å². The van der Waals surface area contributed by atoms with Gasteiger partial charge in [-0.3, -0.25) is 19.2 Å². The van der Waals surface area contributed by atoms with Crippen LogP contribution in [0.3, 0.4) is 0 Å². The maximum Gasteiger partial charge on any atom is 0.254 e. The highest BCUT2D eigenvalue weighted by Gasteiger charge is 2.38. The molecule has 4 amide bonds. The van der Waals surface area contributed by atoms with Crippen molar-refractivity contribution >= 4 is 29.3 Å². The second kappa shape index (κ2) is 15.3. The van der Waals surface area contributed by atoms with Crippen molar-refractivity contribution in [1.82, 2.24) is 20.4 Å². The number of carbonyl (C=O) groups is 4. The molecule has 2 aromatic carbocycles. The third-order valence-electron chi connectivity index (χ3n) is 9.29. The van der Waals surface area contributed by atoms with Gasteiger partial charge in [0.1, 0.15) is 23.7 Å². The lowest BCUT2D eigenvalue weighted by atomic mass is 9.83. The molecule has 3 fully saturated rings. The first-order valence-electron chi connectivity index (χ1n) is 17.0. The number of nitrogens with one attached hydrogen (secondary N) is 3. The molecule has 254 valence electrons. The van der Waals surface area contributed by atoms with Crippen molar-refractivity contribution in [2.45, 2.75) is 90.3 Å². The monoisotopic (exact) mass is 649 g/mol. The first-order chi connectivity index (χ1) is 22.5. The topological polar surface area (TPSA) is 120 Å². The van der Waals surface area contributed by atoms with Gasteiger partial charge in [0.25, 0.3) is 11.8 Å². The van der Waals surface area contributed by atoms with E-state index in [0.29, 0.717) is 24.1 Å². The van der Waals surface area contributed by atoms with Crippen LogP contribution in [0.4, 0.5) is 10.1 Å². The van der Waals surface area contributed by atoms with E-state index < -0.39 is 17.8 Å². The maximum atomic E-state index is 14.4. The zero-order valence-electron chi connectivity index (χ0n) is 27.9. The van der Waals surface area contributed by atoms with E-state index in [2.05, 4.69) is 22.9 Å². The van der Waals surface area contributed by atoms with Crippen LogP contribution in [0.5, 0.6) is 5.75 Å². The van der Waals surface area contributed by atoms with E-state index in [9.17, 15) is 23.6 Å². The Balaban J connectivity index is 1.40. The van der Waals surface area contributed by atoms with Crippen LogP contribution in [0.15, 0.2) is 36.4 Å². The molecule has 0 bridgehead atoms. The largest absolute Gasteiger partial charge is 0.489 e. The Morgan fingerprint density at radius 3 is 2.45 bits per heavy atom. The lowest BCUT2D eigenvalue weighted by Crippen LogP contribution is -2.61. The molecule has 3 N–H and O–H groups in total. The highest BCUT2D eigenvalue weighted by Crippen LogP contribution is 2.39. The van der Waals surface area contributed by atoms with Gasteiger partial charge in [-0.15, -0.1) is 0 Å². The summed E-state index contributed by atoms with van der Waals surface area (Å²) in [6, 6.07) is 8.76. The summed E-state index contributed by atoms with van der Waals surface area (Å²) < 4.78 is 20.9. The molecule has 2 unspecified atom stereocenters. The first kappa shape index (κ1) is 34.3. The summed E-state index contributed by atoms with van der Waals surface area (Å²) in [5, 5.41) is 8.89. The van der Waals surface area contributed by atoms with Gasteiger partial charge in [0.2, 0.25) is 11.8 Å². The van der Waals surface area contributed by atoms with Gasteiger partial charge in [0, 0.05) is 62.4 Å². The molecule has 10 nitrogen and oxygen atoms in total. The molecule has 2 heterocycles. The smallest absolute Gasteiger partial charge is 0.254 e. The van der Waals surface area contributed by atoms with Crippen LogP contribution >= 0.6 is 0 Å². The van der Waals surface area contributed by atoms with Gasteiger partial charge >= 0.3 is 0 Å². The van der Waals surface area contributed by atoms with Crippen LogP contribution in [-0.4, -0.2) is 84.3 Å². The molecular weight excluding hydrogens is 601 g/mol. The van der Waals surface area contributed by atoms with E-state index in [4.69, 9.17) is 4.74 Å². The van der Waals surface area contributed by atoms with E-state index in [1.807, 2.05) is 26.0 Å². The number of rotatable bonds is 9. The molecule has 0 radical (unpaired) electrons. The van der Waals surface area contributed by atoms with Crippen molar-refractivity contribution in [3.8, 4) is 5.75 Å². The van der Waals surface area contributed by atoms with Crippen molar-refractivity contribution in [3.05, 3.63) is 58.9 Å². The molecule has 3 atom stereocenters. The van der Waals surface area contributed by atoms with Crippen molar-refractivity contribution in [2.24, 2.45) is 5.92 Å². The number of benzene rings is 2. The van der Waals surface area contributed by atoms with Crippen molar-refractivity contribution in [3.63, 3.8) is 0 Å². The van der Waals surface area contributed by atoms with Gasteiger partial charge in [-0.05, 0) is 73.6 Å². The zero-order valence-corrected chi connectivity index (χ0v) is 27.9. The van der Waals surface area contributed by atoms with Gasteiger partial charge in [-0.2, -0.15) is 0 Å². The minimum Gasteiger partial charge on any atom is -0.489 e. The Bertz CT molecular complexity index is 1480. The van der Waals surface area contributed by atoms with Crippen LogP contribution in [0.25, 0.3) is 0 Å². The predicted octanol–water partition coefficient (Wildman–Crippen LogP) is 4.70. The molecule has 0 aromatic heterocycles. The normalized spacial score (nSPS) is 21.9. The second-order valence-electron chi connectivity index (χ2n) is 13.7. The molecule has 0 spiro atoms. The fourth-order valence-corrected chi connectivity index (χ4v) is 6.88. The minimum absolute atomic E-state index is 0.0504. The first-order valence-corrected chi connectivity index (χ1v) is 17.0. The third-order valence-corrected chi connectivity index (χ3v) is 9.29. The van der Waals surface area contributed by atoms with E-state index in [-0.39, 0.29) is 60.6 Å². The average Bonchev–Trinajstić information content (AvgIpc) is 3.46. The number of hydrogen-bond acceptors (Lipinski definition) is 6. The molecule has 2 aliphatic heterocycles. The number of piperazine rings is 1. The van der Waals surface area contributed by atoms with Crippen LogP contribution in [-0.2, 0) is 9.59 Å². The van der Waals surface area contributed by atoms with E-state index >= 15 is 0 Å². The number of amides is 4. The minimum atomic E-state index is -0.942. The Morgan fingerprint density at radius 2 is 1.77 bits per heavy atom. The number of ether oxygens (including phenoxy) is 1. The number of hydrogen-bond donors (Lipinski definition) is 3. The van der Waals surface area contributed by atoms with Gasteiger partial charge < -0.3 is 30.5 Å². The SMILES string of the molecule is CC(=O)Nc1cc(F)cc(C(=O)N2CCN(C(=O)c3ccc(O[C@@H]4CNC(C)C4)c(C4CCCCC4)c3)C(C(=O)NCC(C)C)C2)c1. The number of halogens is 1. The van der Waals surface area contributed by atoms with E-state index in [1.165, 1.54) is 24.3 Å². The van der Waals surface area contributed by atoms with Crippen LogP contribution in [0.1, 0.15) is 98.4 Å². The molecule has 11 heteroatoms. The van der Waals surface area contributed by atoms with Crippen LogP contribution < -0.4 is 20.7 Å². The van der Waals surface area contributed by atoms with Gasteiger partial charge in [-0.1, -0.05) is 33.1 Å². The Morgan fingerprint density at radius 1 is 1.00 bits per heavy atom. The summed E-state index contributed by atoms with van der Waals surface area (Å²) in [7, 11) is 0. The van der Waals surface area contributed by atoms with Gasteiger partial charge in [0.15, 0.2) is 0 Å². The average molecular weight is 650 g/mol. The Hall–Kier alpha value is -3.99. The molecule has 2 aromatic rings.